The van der Waals surface area contributed by atoms with Gasteiger partial charge in [-0.3, -0.25) is 4.79 Å². The molecule has 0 aliphatic heterocycles. The van der Waals surface area contributed by atoms with Crippen LogP contribution in [0, 0.1) is 5.41 Å². The third kappa shape index (κ3) is 5.14. The molecule has 0 unspecified atom stereocenters. The van der Waals surface area contributed by atoms with Crippen LogP contribution in [-0.4, -0.2) is 28.8 Å². The summed E-state index contributed by atoms with van der Waals surface area (Å²) in [5.74, 6) is -0.565. The molecular weight excluding hydrogens is 194 g/mol. The van der Waals surface area contributed by atoms with Gasteiger partial charge in [-0.2, -0.15) is 0 Å². The maximum Gasteiger partial charge on any atom is 0.326 e. The summed E-state index contributed by atoms with van der Waals surface area (Å²) >= 11 is 0. The predicted octanol–water partition coefficient (Wildman–Crippen LogP) is 1.06. The van der Waals surface area contributed by atoms with Crippen LogP contribution in [0.25, 0.3) is 0 Å². The fraction of sp³-hybridized carbons (Fsp3) is 0.909. The van der Waals surface area contributed by atoms with Crippen molar-refractivity contribution in [3.05, 3.63) is 0 Å². The Hall–Kier alpha value is -0.610. The van der Waals surface area contributed by atoms with E-state index in [9.17, 15) is 9.90 Å². The summed E-state index contributed by atoms with van der Waals surface area (Å²) in [6.45, 7) is 10.8. The van der Waals surface area contributed by atoms with Gasteiger partial charge in [-0.25, -0.2) is 0 Å². The summed E-state index contributed by atoms with van der Waals surface area (Å²) in [5, 5.41) is 9.80. The number of ether oxygens (including phenoxy) is 1. The van der Waals surface area contributed by atoms with Crippen LogP contribution in [0.5, 0.6) is 0 Å². The molecular formula is C11H23NO3. The van der Waals surface area contributed by atoms with E-state index in [2.05, 4.69) is 0 Å². The van der Waals surface area contributed by atoms with Crippen LogP contribution in [0.15, 0.2) is 0 Å². The van der Waals surface area contributed by atoms with Crippen molar-refractivity contribution in [1.29, 1.82) is 0 Å². The van der Waals surface area contributed by atoms with E-state index in [4.69, 9.17) is 10.5 Å². The largest absolute Gasteiger partial charge is 0.459 e. The molecule has 0 aromatic carbocycles. The highest BCUT2D eigenvalue weighted by Crippen LogP contribution is 2.22. The van der Waals surface area contributed by atoms with Crippen molar-refractivity contribution in [2.24, 2.45) is 11.1 Å². The lowest BCUT2D eigenvalue weighted by molar-refractivity contribution is -0.161. The van der Waals surface area contributed by atoms with Crippen molar-refractivity contribution in [3.8, 4) is 0 Å². The fourth-order valence-electron chi connectivity index (χ4n) is 1.04. The third-order valence-corrected chi connectivity index (χ3v) is 1.91. The maximum atomic E-state index is 11.5. The van der Waals surface area contributed by atoms with Gasteiger partial charge in [0.1, 0.15) is 11.6 Å². The Labute approximate surface area is 91.8 Å². The van der Waals surface area contributed by atoms with Gasteiger partial charge < -0.3 is 15.6 Å². The minimum Gasteiger partial charge on any atom is -0.459 e. The number of nitrogens with two attached hydrogens (primary N) is 1. The van der Waals surface area contributed by atoms with Crippen molar-refractivity contribution in [1.82, 2.24) is 0 Å². The zero-order chi connectivity index (χ0) is 12.4. The van der Waals surface area contributed by atoms with Gasteiger partial charge in [-0.05, 0) is 26.2 Å². The predicted molar refractivity (Wildman–Crippen MR) is 59.3 cm³/mol. The Morgan fingerprint density at radius 2 is 1.60 bits per heavy atom. The van der Waals surface area contributed by atoms with E-state index in [1.54, 1.807) is 20.8 Å². The number of hydrogen-bond acceptors (Lipinski definition) is 4. The Morgan fingerprint density at radius 1 is 1.20 bits per heavy atom. The molecule has 0 aromatic rings. The molecule has 4 heteroatoms. The molecule has 0 bridgehead atoms. The van der Waals surface area contributed by atoms with E-state index in [1.807, 2.05) is 20.8 Å². The van der Waals surface area contributed by atoms with Gasteiger partial charge in [0.25, 0.3) is 0 Å². The van der Waals surface area contributed by atoms with E-state index in [0.29, 0.717) is 0 Å². The van der Waals surface area contributed by atoms with Crippen molar-refractivity contribution in [2.45, 2.75) is 59.3 Å². The molecule has 4 nitrogen and oxygen atoms in total. The molecule has 0 fully saturated rings. The van der Waals surface area contributed by atoms with Crippen LogP contribution in [0.1, 0.15) is 41.5 Å². The van der Waals surface area contributed by atoms with Crippen molar-refractivity contribution >= 4 is 5.97 Å². The van der Waals surface area contributed by atoms with Crippen LogP contribution in [0.2, 0.25) is 0 Å². The number of carbonyl (C=O) groups is 1. The molecule has 0 aromatic heterocycles. The summed E-state index contributed by atoms with van der Waals surface area (Å²) < 4.78 is 5.09. The monoisotopic (exact) mass is 217 g/mol. The molecule has 0 aliphatic carbocycles. The molecule has 0 saturated heterocycles. The number of hydrogen-bond donors (Lipinski definition) is 2. The zero-order valence-corrected chi connectivity index (χ0v) is 10.5. The smallest absolute Gasteiger partial charge is 0.326 e. The first-order valence-electron chi connectivity index (χ1n) is 5.11. The average Bonchev–Trinajstić information content (AvgIpc) is 1.96. The normalized spacial score (nSPS) is 17.1. The lowest BCUT2D eigenvalue weighted by Gasteiger charge is -2.31. The van der Waals surface area contributed by atoms with Crippen LogP contribution in [-0.2, 0) is 9.53 Å². The highest BCUT2D eigenvalue weighted by molar-refractivity contribution is 5.76. The molecule has 0 spiro atoms. The summed E-state index contributed by atoms with van der Waals surface area (Å²) in [6, 6.07) is -0.996. The number of rotatable bonds is 2. The van der Waals surface area contributed by atoms with Crippen molar-refractivity contribution < 1.29 is 14.6 Å². The molecule has 2 atom stereocenters. The third-order valence-electron chi connectivity index (χ3n) is 1.91. The quantitative estimate of drug-likeness (QED) is 0.678. The maximum absolute atomic E-state index is 11.5. The number of carbonyl (C=O) groups excluding carboxylic acids is 1. The van der Waals surface area contributed by atoms with Crippen molar-refractivity contribution in [3.63, 3.8) is 0 Å². The molecule has 15 heavy (non-hydrogen) atoms. The Bertz CT molecular complexity index is 225. The van der Waals surface area contributed by atoms with Gasteiger partial charge in [-0.1, -0.05) is 20.8 Å². The van der Waals surface area contributed by atoms with Gasteiger partial charge in [-0.15, -0.1) is 0 Å². The first-order chi connectivity index (χ1) is 6.45. The first-order valence-corrected chi connectivity index (χ1v) is 5.11. The van der Waals surface area contributed by atoms with Gasteiger partial charge in [0, 0.05) is 0 Å². The Morgan fingerprint density at radius 3 is 1.87 bits per heavy atom. The molecule has 0 aliphatic rings. The molecule has 0 rings (SSSR count). The Balaban J connectivity index is 4.46. The second kappa shape index (κ2) is 4.49. The van der Waals surface area contributed by atoms with Gasteiger partial charge >= 0.3 is 5.97 Å². The lowest BCUT2D eigenvalue weighted by Crippen LogP contribution is -2.50. The van der Waals surface area contributed by atoms with E-state index < -0.39 is 29.1 Å². The highest BCUT2D eigenvalue weighted by atomic mass is 16.6. The molecule has 0 heterocycles. The van der Waals surface area contributed by atoms with E-state index in [-0.39, 0.29) is 0 Å². The van der Waals surface area contributed by atoms with Crippen LogP contribution in [0.4, 0.5) is 0 Å². The molecule has 0 amide bonds. The first kappa shape index (κ1) is 14.4. The topological polar surface area (TPSA) is 72.5 Å². The standard InChI is InChI=1S/C11H23NO3/c1-10(2,3)8(13)7(12)9(14)15-11(4,5)6/h7-8,13H,12H2,1-6H3/t7-,8-/m1/s1. The minimum absolute atomic E-state index is 0.434. The second-order valence-corrected chi connectivity index (χ2v) is 5.87. The molecule has 3 N–H and O–H groups in total. The Kier molecular flexibility index (Phi) is 4.31. The fourth-order valence-corrected chi connectivity index (χ4v) is 1.04. The van der Waals surface area contributed by atoms with Gasteiger partial charge in [0.2, 0.25) is 0 Å². The SMILES string of the molecule is CC(C)(C)OC(=O)[C@H](N)[C@@H](O)C(C)(C)C. The van der Waals surface area contributed by atoms with Gasteiger partial charge in [0.15, 0.2) is 0 Å². The van der Waals surface area contributed by atoms with Crippen LogP contribution < -0.4 is 5.73 Å². The number of aliphatic hydroxyl groups excluding tert-OH is 1. The highest BCUT2D eigenvalue weighted by Gasteiger charge is 2.34. The van der Waals surface area contributed by atoms with Crippen LogP contribution in [0.3, 0.4) is 0 Å². The number of esters is 1. The average molecular weight is 217 g/mol. The molecule has 90 valence electrons. The summed E-state index contributed by atoms with van der Waals surface area (Å²) in [4.78, 5) is 11.5. The number of aliphatic hydroxyl groups is 1. The minimum atomic E-state index is -0.996. The zero-order valence-electron chi connectivity index (χ0n) is 10.5. The van der Waals surface area contributed by atoms with Crippen LogP contribution >= 0.6 is 0 Å². The molecule has 0 radical (unpaired) electrons. The summed E-state index contributed by atoms with van der Waals surface area (Å²) in [6.07, 6.45) is -0.910. The lowest BCUT2D eigenvalue weighted by atomic mass is 9.85. The van der Waals surface area contributed by atoms with Crippen molar-refractivity contribution in [2.75, 3.05) is 0 Å². The summed E-state index contributed by atoms with van der Waals surface area (Å²) in [5.41, 5.74) is 4.62. The van der Waals surface area contributed by atoms with E-state index in [1.165, 1.54) is 0 Å². The van der Waals surface area contributed by atoms with Gasteiger partial charge in [0.05, 0.1) is 6.10 Å². The summed E-state index contributed by atoms with van der Waals surface area (Å²) in [7, 11) is 0. The molecule has 0 saturated carbocycles. The van der Waals surface area contributed by atoms with E-state index >= 15 is 0 Å². The van der Waals surface area contributed by atoms with E-state index in [0.717, 1.165) is 0 Å². The second-order valence-electron chi connectivity index (χ2n) is 5.87.